The Hall–Kier alpha value is -2.27. The van der Waals surface area contributed by atoms with Crippen LogP contribution in [-0.2, 0) is 29.6 Å². The minimum absolute atomic E-state index is 0.0186. The van der Waals surface area contributed by atoms with Gasteiger partial charge in [0.25, 0.3) is 0 Å². The lowest BCUT2D eigenvalue weighted by Gasteiger charge is -2.52. The molecule has 0 amide bonds. The van der Waals surface area contributed by atoms with Gasteiger partial charge in [0.15, 0.2) is 23.2 Å². The predicted octanol–water partition coefficient (Wildman–Crippen LogP) is 10.6. The molecule has 272 valence electrons. The number of methoxy groups -OCH3 is 1. The molecule has 2 aromatic carbocycles. The number of ketones is 1. The second kappa shape index (κ2) is 15.1. The van der Waals surface area contributed by atoms with Crippen LogP contribution in [-0.4, -0.2) is 48.2 Å². The fraction of sp³-hybridized carbons (Fsp3) is 0.659. The fourth-order valence-electron chi connectivity index (χ4n) is 7.23. The van der Waals surface area contributed by atoms with Crippen molar-refractivity contribution in [3.8, 4) is 5.75 Å². The van der Waals surface area contributed by atoms with E-state index < -0.39 is 22.6 Å². The highest BCUT2D eigenvalue weighted by Crippen LogP contribution is 2.57. The zero-order chi connectivity index (χ0) is 36.4. The standard InChI is InChI=1S/C41H64O6Si2/c1-13-21-41(22-16-23-41)38(47-49(11,12)40(5,6)7)31-19-15-18-30(26-31)37-33(34(42)27-35(37)46-48(9,10)39(2,3)4)25-29-17-14-20-32(24-29)45-28-36(43)44-8/h14-15,17-20,24,26,33,35,37-38H,13,16,21-23,25,27-28H2,1-12H3/t33-,35+,37+,38?/m0/s1. The maximum absolute atomic E-state index is 14.1. The largest absolute Gasteiger partial charge is 0.482 e. The van der Waals surface area contributed by atoms with Crippen LogP contribution in [0.15, 0.2) is 48.5 Å². The van der Waals surface area contributed by atoms with Gasteiger partial charge >= 0.3 is 5.97 Å². The Morgan fingerprint density at radius 3 is 2.16 bits per heavy atom. The molecule has 2 aromatic rings. The van der Waals surface area contributed by atoms with Crippen LogP contribution in [0.3, 0.4) is 0 Å². The van der Waals surface area contributed by atoms with E-state index in [0.717, 1.165) is 18.4 Å². The molecule has 0 aromatic heterocycles. The number of benzene rings is 2. The Kier molecular flexibility index (Phi) is 12.2. The molecule has 1 unspecified atom stereocenters. The highest BCUT2D eigenvalue weighted by Gasteiger charge is 2.51. The number of ether oxygens (including phenoxy) is 2. The molecule has 2 saturated carbocycles. The Balaban J connectivity index is 1.77. The Labute approximate surface area is 299 Å². The summed E-state index contributed by atoms with van der Waals surface area (Å²) in [7, 11) is -2.94. The van der Waals surface area contributed by atoms with Crippen molar-refractivity contribution in [2.24, 2.45) is 11.3 Å². The molecule has 4 rings (SSSR count). The summed E-state index contributed by atoms with van der Waals surface area (Å²) in [6, 6.07) is 16.8. The van der Waals surface area contributed by atoms with E-state index in [2.05, 4.69) is 98.9 Å². The van der Waals surface area contributed by atoms with Gasteiger partial charge in [-0.1, -0.05) is 97.7 Å². The van der Waals surface area contributed by atoms with Gasteiger partial charge in [0.1, 0.15) is 11.5 Å². The van der Waals surface area contributed by atoms with Gasteiger partial charge in [-0.05, 0) is 96.2 Å². The first kappa shape index (κ1) is 39.5. The molecule has 0 bridgehead atoms. The molecule has 2 aliphatic rings. The first-order chi connectivity index (χ1) is 22.7. The molecular formula is C41H64O6Si2. The number of carbonyl (C=O) groups is 2. The fourth-order valence-corrected chi connectivity index (χ4v) is 9.90. The second-order valence-corrected chi connectivity index (χ2v) is 27.3. The zero-order valence-electron chi connectivity index (χ0n) is 32.5. The van der Waals surface area contributed by atoms with Gasteiger partial charge in [0.2, 0.25) is 0 Å². The Morgan fingerprint density at radius 1 is 0.939 bits per heavy atom. The molecule has 0 radical (unpaired) electrons. The molecule has 0 N–H and O–H groups in total. The van der Waals surface area contributed by atoms with Crippen LogP contribution >= 0.6 is 0 Å². The maximum atomic E-state index is 14.1. The van der Waals surface area contributed by atoms with Gasteiger partial charge in [-0.2, -0.15) is 0 Å². The first-order valence-electron chi connectivity index (χ1n) is 18.5. The van der Waals surface area contributed by atoms with Crippen molar-refractivity contribution >= 4 is 28.4 Å². The summed E-state index contributed by atoms with van der Waals surface area (Å²) in [6.07, 6.45) is 6.76. The Bertz CT molecular complexity index is 1450. The van der Waals surface area contributed by atoms with Crippen molar-refractivity contribution in [2.75, 3.05) is 13.7 Å². The van der Waals surface area contributed by atoms with Crippen molar-refractivity contribution in [1.29, 1.82) is 0 Å². The number of rotatable bonds is 14. The van der Waals surface area contributed by atoms with Gasteiger partial charge in [0.05, 0.1) is 19.3 Å². The molecule has 6 nitrogen and oxygen atoms in total. The molecule has 2 fully saturated rings. The van der Waals surface area contributed by atoms with Crippen molar-refractivity contribution in [1.82, 2.24) is 0 Å². The average Bonchev–Trinajstić information content (AvgIpc) is 3.28. The summed E-state index contributed by atoms with van der Waals surface area (Å²) >= 11 is 0. The molecule has 8 heteroatoms. The number of Topliss-reactive ketones (excluding diaryl/α,β-unsaturated/α-hetero) is 1. The molecule has 0 saturated heterocycles. The van der Waals surface area contributed by atoms with E-state index in [9.17, 15) is 9.59 Å². The monoisotopic (exact) mass is 708 g/mol. The average molecular weight is 709 g/mol. The molecule has 0 heterocycles. The number of hydrogen-bond acceptors (Lipinski definition) is 6. The van der Waals surface area contributed by atoms with Crippen molar-refractivity contribution in [2.45, 2.75) is 148 Å². The van der Waals surface area contributed by atoms with Crippen LogP contribution in [0, 0.1) is 11.3 Å². The number of hydrogen-bond donors (Lipinski definition) is 0. The van der Waals surface area contributed by atoms with E-state index in [1.54, 1.807) is 0 Å². The van der Waals surface area contributed by atoms with E-state index in [4.69, 9.17) is 18.3 Å². The van der Waals surface area contributed by atoms with Crippen molar-refractivity contribution < 1.29 is 27.9 Å². The lowest BCUT2D eigenvalue weighted by Crippen LogP contribution is -2.47. The highest BCUT2D eigenvalue weighted by molar-refractivity contribution is 6.74. The number of esters is 1. The third-order valence-corrected chi connectivity index (χ3v) is 21.3. The zero-order valence-corrected chi connectivity index (χ0v) is 34.5. The summed E-state index contributed by atoms with van der Waals surface area (Å²) in [5.41, 5.74) is 3.57. The highest BCUT2D eigenvalue weighted by atomic mass is 28.4. The van der Waals surface area contributed by atoms with E-state index in [0.29, 0.717) is 18.6 Å². The van der Waals surface area contributed by atoms with Crippen LogP contribution in [0.1, 0.15) is 116 Å². The molecule has 0 spiro atoms. The maximum Gasteiger partial charge on any atom is 0.343 e. The van der Waals surface area contributed by atoms with Gasteiger partial charge in [0, 0.05) is 18.3 Å². The summed E-state index contributed by atoms with van der Waals surface area (Å²) in [5, 5.41) is 0.116. The van der Waals surface area contributed by atoms with Crippen molar-refractivity contribution in [3.63, 3.8) is 0 Å². The van der Waals surface area contributed by atoms with Crippen LogP contribution in [0.5, 0.6) is 5.75 Å². The Morgan fingerprint density at radius 2 is 1.59 bits per heavy atom. The second-order valence-electron chi connectivity index (χ2n) is 17.8. The SMILES string of the molecule is CCCC1(C(O[Si](C)(C)C(C)(C)C)c2cccc([C@H]3[C@H](O[Si](C)(C)C(C)(C)C)CC(=O)[C@@H]3Cc3cccc(OCC(=O)OC)c3)c2)CCC1. The van der Waals surface area contributed by atoms with Crippen LogP contribution in [0.4, 0.5) is 0 Å². The molecular weight excluding hydrogens is 645 g/mol. The first-order valence-corrected chi connectivity index (χ1v) is 24.3. The number of carbonyl (C=O) groups excluding carboxylic acids is 2. The third-order valence-electron chi connectivity index (χ3n) is 12.3. The topological polar surface area (TPSA) is 71.1 Å². The van der Waals surface area contributed by atoms with E-state index in [-0.39, 0.29) is 51.9 Å². The molecule has 2 aliphatic carbocycles. The van der Waals surface area contributed by atoms with Gasteiger partial charge < -0.3 is 18.3 Å². The quantitative estimate of drug-likeness (QED) is 0.144. The lowest BCUT2D eigenvalue weighted by molar-refractivity contribution is -0.142. The summed E-state index contributed by atoms with van der Waals surface area (Å²) in [4.78, 5) is 25.8. The van der Waals surface area contributed by atoms with Crippen LogP contribution in [0.25, 0.3) is 0 Å². The molecule has 4 atom stereocenters. The molecule has 0 aliphatic heterocycles. The van der Waals surface area contributed by atoms with Crippen molar-refractivity contribution in [3.05, 3.63) is 65.2 Å². The predicted molar refractivity (Wildman–Crippen MR) is 204 cm³/mol. The molecule has 49 heavy (non-hydrogen) atoms. The summed E-state index contributed by atoms with van der Waals surface area (Å²) < 4.78 is 25.0. The summed E-state index contributed by atoms with van der Waals surface area (Å²) in [5.74, 6) is 0.0800. The van der Waals surface area contributed by atoms with Gasteiger partial charge in [-0.3, -0.25) is 4.79 Å². The minimum Gasteiger partial charge on any atom is -0.482 e. The minimum atomic E-state index is -2.19. The summed E-state index contributed by atoms with van der Waals surface area (Å²) in [6.45, 7) is 25.2. The van der Waals surface area contributed by atoms with E-state index >= 15 is 0 Å². The van der Waals surface area contributed by atoms with E-state index in [1.165, 1.54) is 37.5 Å². The van der Waals surface area contributed by atoms with E-state index in [1.807, 2.05) is 24.3 Å². The smallest absolute Gasteiger partial charge is 0.343 e. The van der Waals surface area contributed by atoms with Crippen LogP contribution < -0.4 is 4.74 Å². The third kappa shape index (κ3) is 8.97. The lowest BCUT2D eigenvalue weighted by atomic mass is 9.61. The normalized spacial score (nSPS) is 22.0. The van der Waals surface area contributed by atoms with Gasteiger partial charge in [-0.25, -0.2) is 4.79 Å². The van der Waals surface area contributed by atoms with Gasteiger partial charge in [-0.15, -0.1) is 0 Å². The van der Waals surface area contributed by atoms with Crippen LogP contribution in [0.2, 0.25) is 36.3 Å².